The van der Waals surface area contributed by atoms with Crippen LogP contribution in [0.5, 0.6) is 0 Å². The van der Waals surface area contributed by atoms with Crippen LogP contribution in [0.1, 0.15) is 50.6 Å². The van der Waals surface area contributed by atoms with Crippen LogP contribution in [0.15, 0.2) is 30.3 Å². The first-order valence-corrected chi connectivity index (χ1v) is 8.91. The minimum absolute atomic E-state index is 0.0211. The van der Waals surface area contributed by atoms with Crippen LogP contribution in [0.25, 0.3) is 0 Å². The number of hydrogen-bond acceptors (Lipinski definition) is 3. The zero-order valence-corrected chi connectivity index (χ0v) is 14.3. The summed E-state index contributed by atoms with van der Waals surface area (Å²) in [5.74, 6) is -0.0115. The number of piperidine rings is 1. The molecule has 0 saturated carbocycles. The van der Waals surface area contributed by atoms with Crippen molar-refractivity contribution in [3.63, 3.8) is 0 Å². The van der Waals surface area contributed by atoms with Gasteiger partial charge in [0, 0.05) is 18.5 Å². The molecule has 2 unspecified atom stereocenters. The van der Waals surface area contributed by atoms with E-state index in [1.54, 1.807) is 4.90 Å². The number of nitrogens with one attached hydrogen (secondary N) is 1. The molecule has 2 heterocycles. The molecule has 0 radical (unpaired) electrons. The molecule has 2 aliphatic heterocycles. The third kappa shape index (κ3) is 3.96. The Morgan fingerprint density at radius 2 is 1.83 bits per heavy atom. The molecule has 2 saturated heterocycles. The molecule has 0 aliphatic carbocycles. The molecule has 24 heavy (non-hydrogen) atoms. The predicted molar refractivity (Wildman–Crippen MR) is 93.1 cm³/mol. The van der Waals surface area contributed by atoms with Gasteiger partial charge in [0.15, 0.2) is 0 Å². The van der Waals surface area contributed by atoms with Crippen LogP contribution >= 0.6 is 0 Å². The SMILES string of the molecule is C[C@H](c1ccccc1)N(CC(N)=O)C(=O)CC1CC2CCC(C1)N2. The number of benzene rings is 1. The summed E-state index contributed by atoms with van der Waals surface area (Å²) in [5.41, 5.74) is 6.42. The molecular weight excluding hydrogens is 302 g/mol. The Morgan fingerprint density at radius 3 is 2.42 bits per heavy atom. The van der Waals surface area contributed by atoms with Crippen molar-refractivity contribution in [2.24, 2.45) is 11.7 Å². The van der Waals surface area contributed by atoms with Gasteiger partial charge in [-0.3, -0.25) is 9.59 Å². The number of primary amides is 1. The Balaban J connectivity index is 1.68. The summed E-state index contributed by atoms with van der Waals surface area (Å²) in [6, 6.07) is 10.8. The molecule has 0 aromatic heterocycles. The summed E-state index contributed by atoms with van der Waals surface area (Å²) in [4.78, 5) is 26.0. The molecule has 2 fully saturated rings. The van der Waals surface area contributed by atoms with E-state index >= 15 is 0 Å². The fourth-order valence-corrected chi connectivity index (χ4v) is 4.23. The van der Waals surface area contributed by atoms with Gasteiger partial charge in [-0.2, -0.15) is 0 Å². The van der Waals surface area contributed by atoms with Gasteiger partial charge in [-0.15, -0.1) is 0 Å². The second-order valence-corrected chi connectivity index (χ2v) is 7.25. The van der Waals surface area contributed by atoms with Crippen LogP contribution in [0.4, 0.5) is 0 Å². The number of carbonyl (C=O) groups is 2. The lowest BCUT2D eigenvalue weighted by atomic mass is 9.89. The van der Waals surface area contributed by atoms with Crippen LogP contribution in [-0.2, 0) is 9.59 Å². The van der Waals surface area contributed by atoms with Gasteiger partial charge in [-0.05, 0) is 44.1 Å². The summed E-state index contributed by atoms with van der Waals surface area (Å²) in [6.45, 7) is 1.94. The van der Waals surface area contributed by atoms with E-state index in [9.17, 15) is 9.59 Å². The standard InChI is InChI=1S/C19H27N3O2/c1-13(15-5-3-2-4-6-15)22(12-18(20)23)19(24)11-14-9-16-7-8-17(10-14)21-16/h2-6,13-14,16-17,21H,7-12H2,1H3,(H2,20,23)/t13-,14?,16?,17?/m1/s1. The Kier molecular flexibility index (Phi) is 5.19. The average molecular weight is 329 g/mol. The lowest BCUT2D eigenvalue weighted by Crippen LogP contribution is -2.43. The molecule has 0 spiro atoms. The van der Waals surface area contributed by atoms with Crippen LogP contribution in [0.2, 0.25) is 0 Å². The first-order chi connectivity index (χ1) is 11.5. The van der Waals surface area contributed by atoms with Crippen LogP contribution in [0, 0.1) is 5.92 Å². The van der Waals surface area contributed by atoms with Crippen molar-refractivity contribution in [2.45, 2.75) is 57.2 Å². The summed E-state index contributed by atoms with van der Waals surface area (Å²) >= 11 is 0. The molecule has 5 heteroatoms. The highest BCUT2D eigenvalue weighted by Crippen LogP contribution is 2.33. The molecule has 5 nitrogen and oxygen atoms in total. The van der Waals surface area contributed by atoms with E-state index in [0.29, 0.717) is 24.4 Å². The third-order valence-corrected chi connectivity index (χ3v) is 5.43. The predicted octanol–water partition coefficient (Wildman–Crippen LogP) is 1.98. The van der Waals surface area contributed by atoms with Gasteiger partial charge in [0.1, 0.15) is 0 Å². The van der Waals surface area contributed by atoms with Crippen molar-refractivity contribution in [3.8, 4) is 0 Å². The van der Waals surface area contributed by atoms with Crippen molar-refractivity contribution in [3.05, 3.63) is 35.9 Å². The number of nitrogens with two attached hydrogens (primary N) is 1. The van der Waals surface area contributed by atoms with Crippen molar-refractivity contribution >= 4 is 11.8 Å². The molecule has 130 valence electrons. The lowest BCUT2D eigenvalue weighted by Gasteiger charge is -2.33. The van der Waals surface area contributed by atoms with Gasteiger partial charge in [-0.25, -0.2) is 0 Å². The molecule has 3 N–H and O–H groups in total. The van der Waals surface area contributed by atoms with Crippen LogP contribution in [-0.4, -0.2) is 35.3 Å². The van der Waals surface area contributed by atoms with Gasteiger partial charge >= 0.3 is 0 Å². The lowest BCUT2D eigenvalue weighted by molar-refractivity contribution is -0.138. The second kappa shape index (κ2) is 7.34. The minimum atomic E-state index is -0.462. The van der Waals surface area contributed by atoms with E-state index in [1.807, 2.05) is 37.3 Å². The highest BCUT2D eigenvalue weighted by Gasteiger charge is 2.35. The molecule has 3 rings (SSSR count). The zero-order valence-electron chi connectivity index (χ0n) is 14.3. The number of fused-ring (bicyclic) bond motifs is 2. The normalized spacial score (nSPS) is 26.8. The van der Waals surface area contributed by atoms with Gasteiger partial charge in [-0.1, -0.05) is 30.3 Å². The zero-order chi connectivity index (χ0) is 17.1. The van der Waals surface area contributed by atoms with Gasteiger partial charge in [0.25, 0.3) is 0 Å². The van der Waals surface area contributed by atoms with Crippen LogP contribution in [0.3, 0.4) is 0 Å². The van der Waals surface area contributed by atoms with Crippen LogP contribution < -0.4 is 11.1 Å². The van der Waals surface area contributed by atoms with E-state index in [2.05, 4.69) is 5.32 Å². The highest BCUT2D eigenvalue weighted by atomic mass is 16.2. The van der Waals surface area contributed by atoms with Gasteiger partial charge in [0.2, 0.25) is 11.8 Å². The Labute approximate surface area is 143 Å². The first-order valence-electron chi connectivity index (χ1n) is 8.91. The Morgan fingerprint density at radius 1 is 1.21 bits per heavy atom. The molecule has 2 bridgehead atoms. The molecule has 2 aliphatic rings. The quantitative estimate of drug-likeness (QED) is 0.838. The van der Waals surface area contributed by atoms with Crippen molar-refractivity contribution in [1.29, 1.82) is 0 Å². The second-order valence-electron chi connectivity index (χ2n) is 7.25. The molecular formula is C19H27N3O2. The molecule has 3 atom stereocenters. The van der Waals surface area contributed by atoms with Crippen molar-refractivity contribution in [1.82, 2.24) is 10.2 Å². The maximum absolute atomic E-state index is 12.9. The first kappa shape index (κ1) is 17.0. The summed E-state index contributed by atoms with van der Waals surface area (Å²) in [5, 5.41) is 3.60. The third-order valence-electron chi connectivity index (χ3n) is 5.43. The van der Waals surface area contributed by atoms with E-state index in [4.69, 9.17) is 5.73 Å². The fraction of sp³-hybridized carbons (Fsp3) is 0.579. The minimum Gasteiger partial charge on any atom is -0.368 e. The van der Waals surface area contributed by atoms with E-state index in [-0.39, 0.29) is 18.5 Å². The number of rotatable bonds is 6. The fourth-order valence-electron chi connectivity index (χ4n) is 4.23. The topological polar surface area (TPSA) is 75.4 Å². The maximum Gasteiger partial charge on any atom is 0.237 e. The maximum atomic E-state index is 12.9. The summed E-state index contributed by atoms with van der Waals surface area (Å²) < 4.78 is 0. The number of amides is 2. The molecule has 2 amide bonds. The number of hydrogen-bond donors (Lipinski definition) is 2. The van der Waals surface area contributed by atoms with Gasteiger partial charge < -0.3 is 16.0 Å². The molecule has 1 aromatic rings. The summed E-state index contributed by atoms with van der Waals surface area (Å²) in [6.07, 6.45) is 5.08. The van der Waals surface area contributed by atoms with E-state index < -0.39 is 5.91 Å². The van der Waals surface area contributed by atoms with Crippen molar-refractivity contribution < 1.29 is 9.59 Å². The number of nitrogens with zero attached hydrogens (tertiary/aromatic N) is 1. The Bertz CT molecular complexity index is 578. The number of carbonyl (C=O) groups excluding carboxylic acids is 2. The highest BCUT2D eigenvalue weighted by molar-refractivity contribution is 5.84. The summed E-state index contributed by atoms with van der Waals surface area (Å²) in [7, 11) is 0. The Hall–Kier alpha value is -1.88. The largest absolute Gasteiger partial charge is 0.368 e. The van der Waals surface area contributed by atoms with E-state index in [0.717, 1.165) is 18.4 Å². The van der Waals surface area contributed by atoms with E-state index in [1.165, 1.54) is 12.8 Å². The van der Waals surface area contributed by atoms with Crippen molar-refractivity contribution in [2.75, 3.05) is 6.54 Å². The van der Waals surface area contributed by atoms with Gasteiger partial charge in [0.05, 0.1) is 12.6 Å². The monoisotopic (exact) mass is 329 g/mol. The average Bonchev–Trinajstić information content (AvgIpc) is 2.91. The smallest absolute Gasteiger partial charge is 0.237 e. The molecule has 1 aromatic carbocycles.